The minimum Gasteiger partial charge on any atom is -0.336 e. The van der Waals surface area contributed by atoms with Crippen LogP contribution >= 0.6 is 36.4 Å². The fraction of sp³-hybridized carbons (Fsp3) is 0.333. The Morgan fingerprint density at radius 1 is 1.41 bits per heavy atom. The highest BCUT2D eigenvalue weighted by Crippen LogP contribution is 2.23. The molecule has 1 aromatic heterocycles. The number of nitrogens with one attached hydrogen (secondary N) is 1. The van der Waals surface area contributed by atoms with Crippen molar-refractivity contribution in [1.29, 1.82) is 0 Å². The zero-order valence-electron chi connectivity index (χ0n) is 12.1. The van der Waals surface area contributed by atoms with E-state index in [-0.39, 0.29) is 30.7 Å². The molecule has 3 rings (SSSR count). The third-order valence-corrected chi connectivity index (χ3v) is 3.77. The number of fused-ring (bicyclic) bond motifs is 1. The minimum atomic E-state index is 0. The van der Waals surface area contributed by atoms with E-state index in [1.54, 1.807) is 12.3 Å². The maximum atomic E-state index is 12.7. The van der Waals surface area contributed by atoms with E-state index in [9.17, 15) is 4.79 Å². The highest BCUT2D eigenvalue weighted by molar-refractivity contribution is 6.32. The van der Waals surface area contributed by atoms with Crippen LogP contribution in [0.2, 0.25) is 5.02 Å². The maximum Gasteiger partial charge on any atom is 0.256 e. The Balaban J connectivity index is 0.00000121. The molecule has 0 spiro atoms. The van der Waals surface area contributed by atoms with Crippen LogP contribution in [0.4, 0.5) is 0 Å². The number of nitrogens with zero attached hydrogens (tertiary/aromatic N) is 2. The zero-order chi connectivity index (χ0) is 14.1. The molecule has 0 aliphatic carbocycles. The van der Waals surface area contributed by atoms with E-state index < -0.39 is 0 Å². The van der Waals surface area contributed by atoms with Crippen LogP contribution in [0, 0.1) is 0 Å². The summed E-state index contributed by atoms with van der Waals surface area (Å²) in [6.45, 7) is 4.32. The van der Waals surface area contributed by atoms with Crippen molar-refractivity contribution in [2.45, 2.75) is 13.0 Å². The average Bonchev–Trinajstić information content (AvgIpc) is 2.45. The Kier molecular flexibility index (Phi) is 6.88. The molecule has 1 atom stereocenters. The molecule has 1 saturated heterocycles. The summed E-state index contributed by atoms with van der Waals surface area (Å²) < 4.78 is 0. The van der Waals surface area contributed by atoms with Crippen molar-refractivity contribution in [3.05, 3.63) is 41.0 Å². The molecule has 1 N–H and O–H groups in total. The summed E-state index contributed by atoms with van der Waals surface area (Å²) in [7, 11) is 0. The molecule has 1 fully saturated rings. The first-order valence-electron chi connectivity index (χ1n) is 6.72. The second-order valence-electron chi connectivity index (χ2n) is 5.13. The highest BCUT2D eigenvalue weighted by Gasteiger charge is 2.23. The summed E-state index contributed by atoms with van der Waals surface area (Å²) in [5.41, 5.74) is 1.30. The van der Waals surface area contributed by atoms with Crippen molar-refractivity contribution in [3.63, 3.8) is 0 Å². The lowest BCUT2D eigenvalue weighted by Gasteiger charge is -2.32. The van der Waals surface area contributed by atoms with Crippen LogP contribution < -0.4 is 5.32 Å². The maximum absolute atomic E-state index is 12.7. The molecule has 1 amide bonds. The number of benzene rings is 1. The molecule has 0 saturated carbocycles. The Bertz CT molecular complexity index is 666. The summed E-state index contributed by atoms with van der Waals surface area (Å²) in [5.74, 6) is 0.00421. The lowest BCUT2D eigenvalue weighted by Crippen LogP contribution is -2.51. The number of pyridine rings is 1. The molecular formula is C15H18Cl3N3O. The van der Waals surface area contributed by atoms with Crippen LogP contribution in [0.3, 0.4) is 0 Å². The Hall–Kier alpha value is -1.07. The van der Waals surface area contributed by atoms with Crippen molar-refractivity contribution >= 4 is 53.2 Å². The Morgan fingerprint density at radius 3 is 2.91 bits per heavy atom. The third-order valence-electron chi connectivity index (χ3n) is 3.56. The van der Waals surface area contributed by atoms with Gasteiger partial charge in [-0.05, 0) is 25.1 Å². The molecule has 2 heterocycles. The van der Waals surface area contributed by atoms with Gasteiger partial charge < -0.3 is 10.2 Å². The molecule has 22 heavy (non-hydrogen) atoms. The molecule has 7 heteroatoms. The number of hydrogen-bond acceptors (Lipinski definition) is 3. The molecule has 4 nitrogen and oxygen atoms in total. The average molecular weight is 363 g/mol. The number of rotatable bonds is 1. The lowest BCUT2D eigenvalue weighted by atomic mass is 10.1. The largest absolute Gasteiger partial charge is 0.336 e. The van der Waals surface area contributed by atoms with E-state index in [0.29, 0.717) is 35.2 Å². The van der Waals surface area contributed by atoms with E-state index in [1.165, 1.54) is 0 Å². The van der Waals surface area contributed by atoms with E-state index in [4.69, 9.17) is 11.6 Å². The molecule has 1 aliphatic heterocycles. The predicted octanol–water partition coefficient (Wildman–Crippen LogP) is 3.17. The second kappa shape index (κ2) is 7.97. The molecule has 120 valence electrons. The van der Waals surface area contributed by atoms with Gasteiger partial charge in [0.2, 0.25) is 0 Å². The van der Waals surface area contributed by atoms with Crippen LogP contribution in [0.1, 0.15) is 17.3 Å². The number of piperazine rings is 1. The van der Waals surface area contributed by atoms with Gasteiger partial charge in [-0.2, -0.15) is 0 Å². The quantitative estimate of drug-likeness (QED) is 0.847. The van der Waals surface area contributed by atoms with Crippen LogP contribution in [-0.2, 0) is 0 Å². The summed E-state index contributed by atoms with van der Waals surface area (Å²) in [6, 6.07) is 7.63. The summed E-state index contributed by atoms with van der Waals surface area (Å²) >= 11 is 6.12. The van der Waals surface area contributed by atoms with Crippen molar-refractivity contribution < 1.29 is 4.79 Å². The van der Waals surface area contributed by atoms with E-state index in [1.807, 2.05) is 23.1 Å². The van der Waals surface area contributed by atoms with Crippen LogP contribution in [0.15, 0.2) is 30.5 Å². The van der Waals surface area contributed by atoms with Crippen molar-refractivity contribution in [2.75, 3.05) is 19.6 Å². The van der Waals surface area contributed by atoms with E-state index in [0.717, 1.165) is 11.9 Å². The zero-order valence-corrected chi connectivity index (χ0v) is 14.5. The SMILES string of the molecule is CC1CN(C(=O)c2cc(Cl)cc3cccnc23)CCN1.Cl.Cl. The van der Waals surface area contributed by atoms with Crippen molar-refractivity contribution in [3.8, 4) is 0 Å². The van der Waals surface area contributed by atoms with Gasteiger partial charge in [0.05, 0.1) is 11.1 Å². The van der Waals surface area contributed by atoms with Crippen molar-refractivity contribution in [2.24, 2.45) is 0 Å². The number of halogens is 3. The fourth-order valence-electron chi connectivity index (χ4n) is 2.61. The molecule has 1 aromatic carbocycles. The predicted molar refractivity (Wildman–Crippen MR) is 94.6 cm³/mol. The number of amides is 1. The van der Waals surface area contributed by atoms with Gasteiger partial charge in [-0.25, -0.2) is 0 Å². The first-order valence-corrected chi connectivity index (χ1v) is 7.10. The second-order valence-corrected chi connectivity index (χ2v) is 5.57. The van der Waals surface area contributed by atoms with Crippen molar-refractivity contribution in [1.82, 2.24) is 15.2 Å². The van der Waals surface area contributed by atoms with Gasteiger partial charge in [0, 0.05) is 42.3 Å². The lowest BCUT2D eigenvalue weighted by molar-refractivity contribution is 0.0711. The van der Waals surface area contributed by atoms with Gasteiger partial charge >= 0.3 is 0 Å². The van der Waals surface area contributed by atoms with Crippen LogP contribution in [0.25, 0.3) is 10.9 Å². The first kappa shape index (κ1) is 19.0. The van der Waals surface area contributed by atoms with Crippen LogP contribution in [-0.4, -0.2) is 41.5 Å². The Morgan fingerprint density at radius 2 is 2.18 bits per heavy atom. The third kappa shape index (κ3) is 3.82. The minimum absolute atomic E-state index is 0. The number of carbonyl (C=O) groups is 1. The normalized spacial score (nSPS) is 17.5. The topological polar surface area (TPSA) is 45.2 Å². The van der Waals surface area contributed by atoms with Gasteiger partial charge in [-0.1, -0.05) is 17.7 Å². The number of carbonyl (C=O) groups excluding carboxylic acids is 1. The highest BCUT2D eigenvalue weighted by atomic mass is 35.5. The fourth-order valence-corrected chi connectivity index (χ4v) is 2.83. The molecular weight excluding hydrogens is 345 g/mol. The molecule has 1 unspecified atom stereocenters. The van der Waals surface area contributed by atoms with Gasteiger partial charge in [0.15, 0.2) is 0 Å². The summed E-state index contributed by atoms with van der Waals surface area (Å²) in [6.07, 6.45) is 1.70. The standard InChI is InChI=1S/C15H16ClN3O.2ClH/c1-10-9-19(6-5-17-10)15(20)13-8-12(16)7-11-3-2-4-18-14(11)13;;/h2-4,7-8,10,17H,5-6,9H2,1H3;2*1H. The summed E-state index contributed by atoms with van der Waals surface area (Å²) in [5, 5.41) is 4.79. The first-order chi connectivity index (χ1) is 9.65. The summed E-state index contributed by atoms with van der Waals surface area (Å²) in [4.78, 5) is 18.9. The number of aromatic nitrogens is 1. The van der Waals surface area contributed by atoms with Gasteiger partial charge in [-0.3, -0.25) is 9.78 Å². The van der Waals surface area contributed by atoms with Gasteiger partial charge in [0.1, 0.15) is 0 Å². The smallest absolute Gasteiger partial charge is 0.256 e. The molecule has 0 bridgehead atoms. The Labute approximate surface area is 147 Å². The van der Waals surface area contributed by atoms with Gasteiger partial charge in [-0.15, -0.1) is 24.8 Å². The van der Waals surface area contributed by atoms with Gasteiger partial charge in [0.25, 0.3) is 5.91 Å². The van der Waals surface area contributed by atoms with Crippen LogP contribution in [0.5, 0.6) is 0 Å². The molecule has 0 radical (unpaired) electrons. The van der Waals surface area contributed by atoms with E-state index >= 15 is 0 Å². The molecule has 2 aromatic rings. The molecule has 1 aliphatic rings. The monoisotopic (exact) mass is 361 g/mol. The van der Waals surface area contributed by atoms with E-state index in [2.05, 4.69) is 17.2 Å². The number of hydrogen-bond donors (Lipinski definition) is 1.